The van der Waals surface area contributed by atoms with E-state index in [-0.39, 0.29) is 0 Å². The second kappa shape index (κ2) is 4.73. The topological polar surface area (TPSA) is 26.0 Å². The zero-order valence-electron chi connectivity index (χ0n) is 4.52. The summed E-state index contributed by atoms with van der Waals surface area (Å²) < 4.78 is 0. The number of nitrogens with two attached hydrogens (primary N) is 1. The van der Waals surface area contributed by atoms with Gasteiger partial charge >= 0.3 is 0 Å². The molecule has 0 atom stereocenters. The minimum atomic E-state index is 0.641. The van der Waals surface area contributed by atoms with E-state index >= 15 is 0 Å². The Morgan fingerprint density at radius 3 is 2.62 bits per heavy atom. The fourth-order valence-corrected chi connectivity index (χ4v) is 0.667. The van der Waals surface area contributed by atoms with Crippen LogP contribution in [0.2, 0.25) is 0 Å². The van der Waals surface area contributed by atoms with Gasteiger partial charge in [0.05, 0.1) is 0 Å². The standard InChI is InChI=1S/C6H8BrN/c1-2-3-6(4-7)5-8/h1,5H,3-4,8H2/b6-5+. The van der Waals surface area contributed by atoms with Crippen molar-refractivity contribution in [3.8, 4) is 12.3 Å². The van der Waals surface area contributed by atoms with Crippen molar-refractivity contribution in [1.29, 1.82) is 0 Å². The van der Waals surface area contributed by atoms with Crippen LogP contribution in [0.15, 0.2) is 11.8 Å². The van der Waals surface area contributed by atoms with Crippen molar-refractivity contribution in [1.82, 2.24) is 0 Å². The monoisotopic (exact) mass is 173 g/mol. The van der Waals surface area contributed by atoms with Gasteiger partial charge in [-0.15, -0.1) is 12.3 Å². The van der Waals surface area contributed by atoms with E-state index < -0.39 is 0 Å². The minimum absolute atomic E-state index is 0.641. The number of rotatable bonds is 2. The maximum atomic E-state index is 5.18. The third kappa shape index (κ3) is 2.70. The normalized spacial score (nSPS) is 10.8. The van der Waals surface area contributed by atoms with E-state index in [1.165, 1.54) is 6.20 Å². The molecule has 0 saturated heterocycles. The molecule has 0 spiro atoms. The predicted octanol–water partition coefficient (Wildman–Crippen LogP) is 1.25. The Bertz CT molecular complexity index is 121. The van der Waals surface area contributed by atoms with Crippen molar-refractivity contribution in [3.05, 3.63) is 11.8 Å². The number of hydrogen-bond donors (Lipinski definition) is 1. The highest BCUT2D eigenvalue weighted by Crippen LogP contribution is 2.00. The maximum absolute atomic E-state index is 5.18. The zero-order valence-corrected chi connectivity index (χ0v) is 6.11. The van der Waals surface area contributed by atoms with E-state index in [2.05, 4.69) is 21.9 Å². The van der Waals surface area contributed by atoms with Gasteiger partial charge in [0.1, 0.15) is 0 Å². The molecule has 0 unspecified atom stereocenters. The number of hydrogen-bond acceptors (Lipinski definition) is 1. The Labute approximate surface area is 58.1 Å². The van der Waals surface area contributed by atoms with Crippen LogP contribution < -0.4 is 5.73 Å². The van der Waals surface area contributed by atoms with Gasteiger partial charge in [0.15, 0.2) is 0 Å². The van der Waals surface area contributed by atoms with E-state index in [4.69, 9.17) is 12.2 Å². The first-order valence-electron chi connectivity index (χ1n) is 2.24. The van der Waals surface area contributed by atoms with Gasteiger partial charge in [-0.25, -0.2) is 0 Å². The molecule has 0 fully saturated rings. The van der Waals surface area contributed by atoms with Gasteiger partial charge in [0.2, 0.25) is 0 Å². The first kappa shape index (κ1) is 7.58. The molecule has 1 nitrogen and oxygen atoms in total. The van der Waals surface area contributed by atoms with E-state index in [9.17, 15) is 0 Å². The van der Waals surface area contributed by atoms with Crippen molar-refractivity contribution >= 4 is 15.9 Å². The second-order valence-electron chi connectivity index (χ2n) is 1.34. The molecule has 0 aliphatic carbocycles. The zero-order chi connectivity index (χ0) is 6.41. The summed E-state index contributed by atoms with van der Waals surface area (Å²) in [6.07, 6.45) is 7.19. The molecule has 0 aliphatic rings. The van der Waals surface area contributed by atoms with Crippen molar-refractivity contribution in [2.75, 3.05) is 5.33 Å². The maximum Gasteiger partial charge on any atom is 0.0322 e. The van der Waals surface area contributed by atoms with Crippen LogP contribution in [0.1, 0.15) is 6.42 Å². The summed E-state index contributed by atoms with van der Waals surface area (Å²) in [4.78, 5) is 0. The summed E-state index contributed by atoms with van der Waals surface area (Å²) in [7, 11) is 0. The van der Waals surface area contributed by atoms with Gasteiger partial charge in [0, 0.05) is 11.8 Å². The SMILES string of the molecule is C#CC/C(=C\N)CBr. The molecule has 0 rings (SSSR count). The molecule has 0 aliphatic heterocycles. The van der Waals surface area contributed by atoms with Gasteiger partial charge in [-0.2, -0.15) is 0 Å². The third-order valence-electron chi connectivity index (χ3n) is 0.736. The van der Waals surface area contributed by atoms with Crippen molar-refractivity contribution in [2.45, 2.75) is 6.42 Å². The van der Waals surface area contributed by atoms with E-state index in [1.807, 2.05) is 0 Å². The number of halogens is 1. The van der Waals surface area contributed by atoms with Crippen LogP contribution in [0.4, 0.5) is 0 Å². The first-order valence-corrected chi connectivity index (χ1v) is 3.36. The Morgan fingerprint density at radius 1 is 1.88 bits per heavy atom. The molecule has 0 aromatic carbocycles. The van der Waals surface area contributed by atoms with Crippen molar-refractivity contribution in [3.63, 3.8) is 0 Å². The average molecular weight is 174 g/mol. The smallest absolute Gasteiger partial charge is 0.0322 e. The summed E-state index contributed by atoms with van der Waals surface area (Å²) in [5, 5.41) is 0.772. The largest absolute Gasteiger partial charge is 0.405 e. The minimum Gasteiger partial charge on any atom is -0.405 e. The molecule has 0 saturated carbocycles. The van der Waals surface area contributed by atoms with Gasteiger partial charge in [0.25, 0.3) is 0 Å². The van der Waals surface area contributed by atoms with Crippen LogP contribution in [0.3, 0.4) is 0 Å². The van der Waals surface area contributed by atoms with Crippen LogP contribution in [0.5, 0.6) is 0 Å². The molecule has 0 bridgehead atoms. The lowest BCUT2D eigenvalue weighted by molar-refractivity contribution is 1.24. The Hall–Kier alpha value is -0.420. The van der Waals surface area contributed by atoms with Gasteiger partial charge in [-0.1, -0.05) is 15.9 Å². The van der Waals surface area contributed by atoms with Crippen molar-refractivity contribution in [2.24, 2.45) is 5.73 Å². The number of allylic oxidation sites excluding steroid dienone is 1. The third-order valence-corrected chi connectivity index (χ3v) is 1.46. The van der Waals surface area contributed by atoms with E-state index in [1.54, 1.807) is 0 Å². The Balaban J connectivity index is 3.59. The van der Waals surface area contributed by atoms with E-state index in [0.717, 1.165) is 10.9 Å². The van der Waals surface area contributed by atoms with Crippen LogP contribution in [-0.4, -0.2) is 5.33 Å². The summed E-state index contributed by atoms with van der Waals surface area (Å²) in [5.74, 6) is 2.49. The number of terminal acetylenes is 1. The second-order valence-corrected chi connectivity index (χ2v) is 1.90. The predicted molar refractivity (Wildman–Crippen MR) is 39.5 cm³/mol. The molecular weight excluding hydrogens is 166 g/mol. The van der Waals surface area contributed by atoms with Crippen LogP contribution in [-0.2, 0) is 0 Å². The first-order chi connectivity index (χ1) is 3.85. The molecule has 0 amide bonds. The highest BCUT2D eigenvalue weighted by atomic mass is 79.9. The number of alkyl halides is 1. The summed E-state index contributed by atoms with van der Waals surface area (Å²) in [6, 6.07) is 0. The molecule has 0 aromatic rings. The van der Waals surface area contributed by atoms with Gasteiger partial charge in [-0.05, 0) is 11.8 Å². The molecule has 2 N–H and O–H groups in total. The van der Waals surface area contributed by atoms with Crippen molar-refractivity contribution < 1.29 is 0 Å². The Kier molecular flexibility index (Phi) is 4.48. The van der Waals surface area contributed by atoms with Gasteiger partial charge < -0.3 is 5.73 Å². The lowest BCUT2D eigenvalue weighted by Crippen LogP contribution is -1.88. The molecule has 0 radical (unpaired) electrons. The van der Waals surface area contributed by atoms with Crippen LogP contribution in [0, 0.1) is 12.3 Å². The Morgan fingerprint density at radius 2 is 2.50 bits per heavy atom. The fourth-order valence-electron chi connectivity index (χ4n) is 0.282. The highest BCUT2D eigenvalue weighted by molar-refractivity contribution is 9.09. The lowest BCUT2D eigenvalue weighted by atomic mass is 10.2. The average Bonchev–Trinajstić information content (AvgIpc) is 1.83. The van der Waals surface area contributed by atoms with Gasteiger partial charge in [-0.3, -0.25) is 0 Å². The molecule has 0 heterocycles. The highest BCUT2D eigenvalue weighted by Gasteiger charge is 1.86. The summed E-state index contributed by atoms with van der Waals surface area (Å²) in [5.41, 5.74) is 6.23. The van der Waals surface area contributed by atoms with Crippen LogP contribution in [0.25, 0.3) is 0 Å². The quantitative estimate of drug-likeness (QED) is 0.494. The van der Waals surface area contributed by atoms with E-state index in [0.29, 0.717) is 6.42 Å². The summed E-state index contributed by atoms with van der Waals surface area (Å²) >= 11 is 3.23. The fraction of sp³-hybridized carbons (Fsp3) is 0.333. The molecule has 0 aromatic heterocycles. The van der Waals surface area contributed by atoms with Crippen LogP contribution >= 0.6 is 15.9 Å². The summed E-state index contributed by atoms with van der Waals surface area (Å²) in [6.45, 7) is 0. The molecule has 2 heteroatoms. The lowest BCUT2D eigenvalue weighted by Gasteiger charge is -1.91. The molecule has 8 heavy (non-hydrogen) atoms. The molecule has 44 valence electrons. The molecular formula is C6H8BrN.